The smallest absolute Gasteiger partial charge is 0.307 e. The number of aliphatic carboxylic acids is 1. The summed E-state index contributed by atoms with van der Waals surface area (Å²) in [5, 5.41) is 24.2. The fourth-order valence-electron chi connectivity index (χ4n) is 8.55. The highest BCUT2D eigenvalue weighted by Gasteiger charge is 2.49. The van der Waals surface area contributed by atoms with Crippen LogP contribution >= 0.6 is 11.6 Å². The molecule has 50 heavy (non-hydrogen) atoms. The minimum atomic E-state index is -0.725. The van der Waals surface area contributed by atoms with Crippen molar-refractivity contribution in [3.05, 3.63) is 98.6 Å². The summed E-state index contributed by atoms with van der Waals surface area (Å²) in [5.41, 5.74) is 10.1. The molecule has 8 rings (SSSR count). The second-order valence-electron chi connectivity index (χ2n) is 14.6. The summed E-state index contributed by atoms with van der Waals surface area (Å²) < 4.78 is 8.68. The van der Waals surface area contributed by atoms with Crippen LogP contribution in [0.2, 0.25) is 5.02 Å². The molecule has 2 N–H and O–H groups in total. The first-order valence-electron chi connectivity index (χ1n) is 17.7. The summed E-state index contributed by atoms with van der Waals surface area (Å²) in [5.74, 6) is 0.634. The van der Waals surface area contributed by atoms with Crippen LogP contribution < -0.4 is 10.1 Å². The highest BCUT2D eigenvalue weighted by Crippen LogP contribution is 2.50. The highest BCUT2D eigenvalue weighted by molar-refractivity contribution is 6.36. The van der Waals surface area contributed by atoms with Crippen molar-refractivity contribution in [3.8, 4) is 22.9 Å². The predicted molar refractivity (Wildman–Crippen MR) is 193 cm³/mol. The van der Waals surface area contributed by atoms with Gasteiger partial charge in [-0.2, -0.15) is 5.26 Å². The van der Waals surface area contributed by atoms with Gasteiger partial charge in [0.25, 0.3) is 0 Å². The molecule has 10 heteroatoms. The monoisotopic (exact) mass is 690 g/mol. The lowest BCUT2D eigenvalue weighted by atomic mass is 9.96. The second kappa shape index (κ2) is 12.8. The van der Waals surface area contributed by atoms with Gasteiger partial charge in [0.05, 0.1) is 33.4 Å². The number of nitriles is 1. The number of hydrogen-bond donors (Lipinski definition) is 2. The molecule has 3 aromatic carbocycles. The fraction of sp³-hybridized carbons (Fsp3) is 0.425. The van der Waals surface area contributed by atoms with Gasteiger partial charge in [0.2, 0.25) is 0 Å². The Balaban J connectivity index is 1.01. The lowest BCUT2D eigenvalue weighted by Gasteiger charge is -2.25. The first-order valence-corrected chi connectivity index (χ1v) is 18.1. The number of nitrogens with one attached hydrogen (secondary N) is 1. The van der Waals surface area contributed by atoms with Gasteiger partial charge in [0.15, 0.2) is 0 Å². The third-order valence-corrected chi connectivity index (χ3v) is 12.0. The molecular weight excluding hydrogens is 648 g/mol. The summed E-state index contributed by atoms with van der Waals surface area (Å²) in [6.07, 6.45) is 5.38. The van der Waals surface area contributed by atoms with Crippen LogP contribution in [0.1, 0.15) is 76.8 Å². The van der Waals surface area contributed by atoms with E-state index >= 15 is 0 Å². The number of rotatable bonds is 9. The number of carboxylic acids is 1. The number of benzene rings is 3. The van der Waals surface area contributed by atoms with E-state index in [2.05, 4.69) is 83.2 Å². The van der Waals surface area contributed by atoms with Crippen LogP contribution in [0.25, 0.3) is 11.1 Å². The molecule has 0 amide bonds. The molecule has 2 atom stereocenters. The molecule has 2 fully saturated rings. The fourth-order valence-corrected chi connectivity index (χ4v) is 8.83. The number of ether oxygens (including phenoxy) is 1. The first kappa shape index (κ1) is 32.8. The minimum absolute atomic E-state index is 0.148. The van der Waals surface area contributed by atoms with Crippen molar-refractivity contribution in [1.29, 1.82) is 5.26 Å². The zero-order valence-corrected chi connectivity index (χ0v) is 29.7. The zero-order valence-electron chi connectivity index (χ0n) is 28.9. The van der Waals surface area contributed by atoms with Gasteiger partial charge in [-0.25, -0.2) is 4.98 Å². The van der Waals surface area contributed by atoms with E-state index in [1.165, 1.54) is 11.4 Å². The molecule has 9 nitrogen and oxygen atoms in total. The van der Waals surface area contributed by atoms with E-state index in [-0.39, 0.29) is 17.5 Å². The van der Waals surface area contributed by atoms with Crippen LogP contribution in [0.4, 0.5) is 5.69 Å². The topological polar surface area (TPSA) is 107 Å². The average molecular weight is 691 g/mol. The lowest BCUT2D eigenvalue weighted by Crippen LogP contribution is -2.27. The van der Waals surface area contributed by atoms with Crippen LogP contribution in [0, 0.1) is 24.2 Å². The number of nitrogens with zero attached hydrogens (tertiary/aromatic N) is 5. The zero-order chi connectivity index (χ0) is 34.7. The maximum Gasteiger partial charge on any atom is 0.307 e. The predicted octanol–water partition coefficient (Wildman–Crippen LogP) is 6.98. The summed E-state index contributed by atoms with van der Waals surface area (Å²) >= 11 is 7.20. The maximum atomic E-state index is 11.5. The number of hydrogen-bond acceptors (Lipinski definition) is 7. The maximum absolute atomic E-state index is 11.5. The molecule has 3 heterocycles. The van der Waals surface area contributed by atoms with Gasteiger partial charge in [-0.3, -0.25) is 9.69 Å². The molecular formula is C40H43ClN6O3. The number of imidazole rings is 1. The van der Waals surface area contributed by atoms with Gasteiger partial charge in [-0.1, -0.05) is 48.0 Å². The van der Waals surface area contributed by atoms with E-state index in [4.69, 9.17) is 21.3 Å². The number of aromatic nitrogens is 2. The molecule has 2 aliphatic heterocycles. The molecule has 258 valence electrons. The van der Waals surface area contributed by atoms with Crippen molar-refractivity contribution < 1.29 is 14.6 Å². The molecule has 0 bridgehead atoms. The van der Waals surface area contributed by atoms with Crippen molar-refractivity contribution in [1.82, 2.24) is 19.4 Å². The van der Waals surface area contributed by atoms with Gasteiger partial charge in [-0.15, -0.1) is 0 Å². The number of carboxylic acid groups (broad SMARTS) is 1. The third kappa shape index (κ3) is 5.64. The van der Waals surface area contributed by atoms with E-state index in [0.717, 1.165) is 96.6 Å². The number of likely N-dealkylation sites (N-methyl/N-ethyl adjacent to an activating group) is 1. The standard InChI is InChI=1S/C40H43ClN6O3/c1-24-26(23-50-36-13-11-29-28(31(36)20-42)10-12-34(29)47-19-14-25(21-47)38(48)49)6-4-7-27(24)30-8-5-9-32(37(30)41)44-40(16-17-40)39-43-33-22-45(2)18-15-35(33)46(39)3/h4-9,11,13,25,34,44H,10,12,14-19,21-23H2,1-3H3,(H,48,49)/t25-,34-/m1/s1. The Morgan fingerprint density at radius 1 is 1.10 bits per heavy atom. The van der Waals surface area contributed by atoms with Gasteiger partial charge in [-0.05, 0) is 92.6 Å². The van der Waals surface area contributed by atoms with E-state index in [1.54, 1.807) is 0 Å². The van der Waals surface area contributed by atoms with Crippen molar-refractivity contribution >= 4 is 23.3 Å². The number of fused-ring (bicyclic) bond motifs is 2. The highest BCUT2D eigenvalue weighted by atomic mass is 35.5. The Hall–Kier alpha value is -4.36. The number of anilines is 1. The van der Waals surface area contributed by atoms with Gasteiger partial charge >= 0.3 is 5.97 Å². The summed E-state index contributed by atoms with van der Waals surface area (Å²) in [4.78, 5) is 21.3. The Kier molecular flexibility index (Phi) is 8.37. The molecule has 0 unspecified atom stereocenters. The largest absolute Gasteiger partial charge is 0.488 e. The number of likely N-dealkylation sites (tertiary alicyclic amines) is 1. The SMILES string of the molecule is Cc1c(COc2ccc3c(c2C#N)CC[C@H]3N2CC[C@@H](C(=O)O)C2)cccc1-c1cccc(NC2(c3nc4c(n3C)CCN(C)C4)CC2)c1Cl. The van der Waals surface area contributed by atoms with E-state index in [0.29, 0.717) is 35.9 Å². The Morgan fingerprint density at radius 3 is 2.66 bits per heavy atom. The average Bonchev–Trinajstić information content (AvgIpc) is 3.40. The van der Waals surface area contributed by atoms with Crippen molar-refractivity contribution in [3.63, 3.8) is 0 Å². The van der Waals surface area contributed by atoms with Gasteiger partial charge in [0, 0.05) is 50.4 Å². The van der Waals surface area contributed by atoms with Crippen LogP contribution in [0.15, 0.2) is 48.5 Å². The van der Waals surface area contributed by atoms with E-state index in [9.17, 15) is 15.2 Å². The van der Waals surface area contributed by atoms with Crippen LogP contribution in [-0.2, 0) is 43.4 Å². The van der Waals surface area contributed by atoms with E-state index in [1.807, 2.05) is 12.1 Å². The Labute approximate surface area is 298 Å². The molecule has 0 spiro atoms. The van der Waals surface area contributed by atoms with Crippen LogP contribution in [0.5, 0.6) is 5.75 Å². The number of halogens is 1. The summed E-state index contributed by atoms with van der Waals surface area (Å²) in [6.45, 7) is 5.68. The van der Waals surface area contributed by atoms with Crippen molar-refractivity contribution in [2.75, 3.05) is 32.0 Å². The normalized spacial score (nSPS) is 21.0. The van der Waals surface area contributed by atoms with Crippen molar-refractivity contribution in [2.45, 2.75) is 70.2 Å². The van der Waals surface area contributed by atoms with Crippen molar-refractivity contribution in [2.24, 2.45) is 13.0 Å². The van der Waals surface area contributed by atoms with Gasteiger partial charge in [0.1, 0.15) is 24.3 Å². The summed E-state index contributed by atoms with van der Waals surface area (Å²) in [7, 11) is 4.30. The van der Waals surface area contributed by atoms with Crippen LogP contribution in [-0.4, -0.2) is 57.1 Å². The quantitative estimate of drug-likeness (QED) is 0.194. The molecule has 0 radical (unpaired) electrons. The minimum Gasteiger partial charge on any atom is -0.488 e. The number of carbonyl (C=O) groups is 1. The molecule has 1 saturated carbocycles. The van der Waals surface area contributed by atoms with Gasteiger partial charge < -0.3 is 24.6 Å². The Morgan fingerprint density at radius 2 is 1.90 bits per heavy atom. The molecule has 2 aliphatic carbocycles. The Bertz CT molecular complexity index is 2050. The third-order valence-electron chi connectivity index (χ3n) is 11.6. The first-order chi connectivity index (χ1) is 24.2. The second-order valence-corrected chi connectivity index (χ2v) is 15.0. The van der Waals surface area contributed by atoms with E-state index < -0.39 is 5.97 Å². The molecule has 4 aromatic rings. The molecule has 1 saturated heterocycles. The van der Waals surface area contributed by atoms with Crippen LogP contribution in [0.3, 0.4) is 0 Å². The summed E-state index contributed by atoms with van der Waals surface area (Å²) in [6, 6.07) is 18.9. The molecule has 4 aliphatic rings. The lowest BCUT2D eigenvalue weighted by molar-refractivity contribution is -0.141. The molecule has 1 aromatic heterocycles.